The highest BCUT2D eigenvalue weighted by molar-refractivity contribution is 7.99. The molecule has 0 aliphatic carbocycles. The zero-order valence-electron chi connectivity index (χ0n) is 15.3. The standard InChI is InChI=1S/C20H20N4O2S/c1-13-22-12-14(19(21)23-13)20(25)24(2)15-8-4-6-10-17(15)27-18-11-7-5-9-16(18)26-3/h4-12H,1-3H3,(H2,21,22,23). The number of amides is 1. The molecule has 0 spiro atoms. The lowest BCUT2D eigenvalue weighted by Gasteiger charge is -2.21. The lowest BCUT2D eigenvalue weighted by molar-refractivity contribution is 0.0993. The van der Waals surface area contributed by atoms with Crippen LogP contribution in [0.4, 0.5) is 11.5 Å². The molecule has 0 fully saturated rings. The Morgan fingerprint density at radius 2 is 1.78 bits per heavy atom. The summed E-state index contributed by atoms with van der Waals surface area (Å²) in [5.41, 5.74) is 6.96. The Kier molecular flexibility index (Phi) is 5.61. The van der Waals surface area contributed by atoms with Gasteiger partial charge >= 0.3 is 0 Å². The zero-order valence-corrected chi connectivity index (χ0v) is 16.2. The first kappa shape index (κ1) is 18.7. The van der Waals surface area contributed by atoms with Crippen LogP contribution in [0.5, 0.6) is 5.75 Å². The number of anilines is 2. The summed E-state index contributed by atoms with van der Waals surface area (Å²) in [6, 6.07) is 15.4. The molecule has 0 radical (unpaired) electrons. The Hall–Kier alpha value is -3.06. The molecule has 0 atom stereocenters. The van der Waals surface area contributed by atoms with E-state index in [0.29, 0.717) is 5.82 Å². The van der Waals surface area contributed by atoms with Crippen LogP contribution in [0.1, 0.15) is 16.2 Å². The molecular formula is C20H20N4O2S. The van der Waals surface area contributed by atoms with Gasteiger partial charge in [0, 0.05) is 18.1 Å². The van der Waals surface area contributed by atoms with Crippen LogP contribution in [0.2, 0.25) is 0 Å². The number of hydrogen-bond donors (Lipinski definition) is 1. The van der Waals surface area contributed by atoms with Crippen LogP contribution in [-0.2, 0) is 0 Å². The second-order valence-corrected chi connectivity index (χ2v) is 6.88. The Balaban J connectivity index is 1.94. The maximum Gasteiger partial charge on any atom is 0.263 e. The maximum absolute atomic E-state index is 12.9. The van der Waals surface area contributed by atoms with Gasteiger partial charge in [-0.05, 0) is 31.2 Å². The van der Waals surface area contributed by atoms with E-state index in [1.54, 1.807) is 26.0 Å². The highest BCUT2D eigenvalue weighted by Gasteiger charge is 2.20. The summed E-state index contributed by atoms with van der Waals surface area (Å²) in [5, 5.41) is 0. The van der Waals surface area contributed by atoms with Crippen molar-refractivity contribution in [1.29, 1.82) is 0 Å². The van der Waals surface area contributed by atoms with Gasteiger partial charge in [0.25, 0.3) is 5.91 Å². The number of nitrogens with zero attached hydrogens (tertiary/aromatic N) is 3. The molecule has 0 aliphatic heterocycles. The van der Waals surface area contributed by atoms with Crippen LogP contribution in [0.25, 0.3) is 0 Å². The quantitative estimate of drug-likeness (QED) is 0.725. The van der Waals surface area contributed by atoms with Crippen molar-refractivity contribution in [3.05, 3.63) is 66.1 Å². The van der Waals surface area contributed by atoms with Crippen molar-refractivity contribution in [2.45, 2.75) is 16.7 Å². The van der Waals surface area contributed by atoms with Gasteiger partial charge in [-0.15, -0.1) is 0 Å². The van der Waals surface area contributed by atoms with E-state index in [9.17, 15) is 4.79 Å². The second kappa shape index (κ2) is 8.09. The summed E-state index contributed by atoms with van der Waals surface area (Å²) in [6.45, 7) is 1.73. The number of nitrogens with two attached hydrogens (primary N) is 1. The first-order valence-electron chi connectivity index (χ1n) is 8.28. The number of benzene rings is 2. The van der Waals surface area contributed by atoms with Gasteiger partial charge in [0.2, 0.25) is 0 Å². The molecule has 3 aromatic rings. The third-order valence-electron chi connectivity index (χ3n) is 3.99. The van der Waals surface area contributed by atoms with Crippen LogP contribution >= 0.6 is 11.8 Å². The number of hydrogen-bond acceptors (Lipinski definition) is 6. The average molecular weight is 380 g/mol. The zero-order chi connectivity index (χ0) is 19.4. The van der Waals surface area contributed by atoms with E-state index in [0.717, 1.165) is 21.2 Å². The molecule has 0 aliphatic rings. The number of ether oxygens (including phenoxy) is 1. The number of rotatable bonds is 5. The molecule has 2 aromatic carbocycles. The third kappa shape index (κ3) is 4.03. The fourth-order valence-electron chi connectivity index (χ4n) is 2.58. The van der Waals surface area contributed by atoms with Crippen molar-refractivity contribution in [1.82, 2.24) is 9.97 Å². The molecule has 0 bridgehead atoms. The molecule has 27 heavy (non-hydrogen) atoms. The minimum absolute atomic E-state index is 0.175. The second-order valence-electron chi connectivity index (χ2n) is 5.80. The van der Waals surface area contributed by atoms with Crippen LogP contribution in [0.15, 0.2) is 64.5 Å². The predicted octanol–water partition coefficient (Wildman–Crippen LogP) is 3.80. The van der Waals surface area contributed by atoms with Gasteiger partial charge in [-0.25, -0.2) is 9.97 Å². The van der Waals surface area contributed by atoms with Crippen molar-refractivity contribution in [3.8, 4) is 5.75 Å². The fraction of sp³-hybridized carbons (Fsp3) is 0.150. The summed E-state index contributed by atoms with van der Waals surface area (Å²) in [4.78, 5) is 24.6. The fourth-order valence-corrected chi connectivity index (χ4v) is 3.68. The number of methoxy groups -OCH3 is 1. The number of nitrogen functional groups attached to an aromatic ring is 1. The Morgan fingerprint density at radius 1 is 1.11 bits per heavy atom. The normalized spacial score (nSPS) is 10.5. The molecule has 1 heterocycles. The van der Waals surface area contributed by atoms with Gasteiger partial charge < -0.3 is 15.4 Å². The topological polar surface area (TPSA) is 81.3 Å². The molecule has 0 saturated carbocycles. The van der Waals surface area contributed by atoms with Gasteiger partial charge in [0.15, 0.2) is 0 Å². The van der Waals surface area contributed by atoms with E-state index in [1.807, 2.05) is 48.5 Å². The van der Waals surface area contributed by atoms with Gasteiger partial charge in [-0.3, -0.25) is 4.79 Å². The summed E-state index contributed by atoms with van der Waals surface area (Å²) < 4.78 is 5.43. The maximum atomic E-state index is 12.9. The summed E-state index contributed by atoms with van der Waals surface area (Å²) in [7, 11) is 3.35. The Labute approximate surface area is 162 Å². The van der Waals surface area contributed by atoms with Crippen molar-refractivity contribution < 1.29 is 9.53 Å². The Bertz CT molecular complexity index is 978. The van der Waals surface area contributed by atoms with Crippen molar-refractivity contribution in [2.24, 2.45) is 0 Å². The summed E-state index contributed by atoms with van der Waals surface area (Å²) >= 11 is 1.53. The predicted molar refractivity (Wildman–Crippen MR) is 107 cm³/mol. The van der Waals surface area contributed by atoms with Crippen molar-refractivity contribution >= 4 is 29.2 Å². The van der Waals surface area contributed by atoms with Gasteiger partial charge in [-0.2, -0.15) is 0 Å². The minimum atomic E-state index is -0.263. The average Bonchev–Trinajstić information content (AvgIpc) is 2.68. The molecule has 3 rings (SSSR count). The van der Waals surface area contributed by atoms with E-state index in [4.69, 9.17) is 10.5 Å². The van der Waals surface area contributed by atoms with E-state index >= 15 is 0 Å². The summed E-state index contributed by atoms with van der Waals surface area (Å²) in [5.74, 6) is 1.22. The number of carbonyl (C=O) groups excluding carboxylic acids is 1. The summed E-state index contributed by atoms with van der Waals surface area (Å²) in [6.07, 6.45) is 1.46. The molecule has 6 nitrogen and oxygen atoms in total. The molecule has 0 unspecified atom stereocenters. The molecule has 1 aromatic heterocycles. The molecule has 2 N–H and O–H groups in total. The molecule has 1 amide bonds. The smallest absolute Gasteiger partial charge is 0.263 e. The third-order valence-corrected chi connectivity index (χ3v) is 5.11. The number of para-hydroxylation sites is 2. The van der Waals surface area contributed by atoms with Gasteiger partial charge in [0.05, 0.1) is 17.7 Å². The first-order valence-corrected chi connectivity index (χ1v) is 9.10. The van der Waals surface area contributed by atoms with Gasteiger partial charge in [-0.1, -0.05) is 36.0 Å². The number of aromatic nitrogens is 2. The highest BCUT2D eigenvalue weighted by atomic mass is 32.2. The molecule has 0 saturated heterocycles. The van der Waals surface area contributed by atoms with Gasteiger partial charge in [0.1, 0.15) is 23.0 Å². The van der Waals surface area contributed by atoms with Crippen LogP contribution in [0, 0.1) is 6.92 Å². The van der Waals surface area contributed by atoms with E-state index in [-0.39, 0.29) is 17.3 Å². The lowest BCUT2D eigenvalue weighted by Crippen LogP contribution is -2.28. The van der Waals surface area contributed by atoms with Crippen LogP contribution in [0.3, 0.4) is 0 Å². The minimum Gasteiger partial charge on any atom is -0.496 e. The SMILES string of the molecule is COc1ccccc1Sc1ccccc1N(C)C(=O)c1cnc(C)nc1N. The van der Waals surface area contributed by atoms with E-state index in [2.05, 4.69) is 9.97 Å². The van der Waals surface area contributed by atoms with Crippen LogP contribution in [-0.4, -0.2) is 30.0 Å². The largest absolute Gasteiger partial charge is 0.496 e. The molecular weight excluding hydrogens is 360 g/mol. The monoisotopic (exact) mass is 380 g/mol. The number of carbonyl (C=O) groups is 1. The Morgan fingerprint density at radius 3 is 2.48 bits per heavy atom. The lowest BCUT2D eigenvalue weighted by atomic mass is 10.2. The van der Waals surface area contributed by atoms with Crippen molar-refractivity contribution in [2.75, 3.05) is 24.8 Å². The van der Waals surface area contributed by atoms with E-state index < -0.39 is 0 Å². The highest BCUT2D eigenvalue weighted by Crippen LogP contribution is 2.39. The molecule has 7 heteroatoms. The number of aryl methyl sites for hydroxylation is 1. The first-order chi connectivity index (χ1) is 13.0. The molecule has 138 valence electrons. The van der Waals surface area contributed by atoms with E-state index in [1.165, 1.54) is 18.0 Å². The van der Waals surface area contributed by atoms with Crippen molar-refractivity contribution in [3.63, 3.8) is 0 Å². The van der Waals surface area contributed by atoms with Crippen LogP contribution < -0.4 is 15.4 Å².